The lowest BCUT2D eigenvalue weighted by Gasteiger charge is -2.16. The van der Waals surface area contributed by atoms with E-state index in [2.05, 4.69) is 21.2 Å². The summed E-state index contributed by atoms with van der Waals surface area (Å²) in [5.74, 6) is 0. The molecule has 5 heteroatoms. The van der Waals surface area contributed by atoms with Gasteiger partial charge in [0.2, 0.25) is 0 Å². The van der Waals surface area contributed by atoms with Crippen molar-refractivity contribution in [2.45, 2.75) is 25.7 Å². The Morgan fingerprint density at radius 2 is 1.81 bits per heavy atom. The van der Waals surface area contributed by atoms with Crippen LogP contribution in [-0.4, -0.2) is 0 Å². The van der Waals surface area contributed by atoms with Crippen molar-refractivity contribution in [1.82, 2.24) is 5.32 Å². The zero-order valence-corrected chi connectivity index (χ0v) is 13.0. The Hall–Kier alpha value is -1.33. The first-order chi connectivity index (χ1) is 9.88. The molecular weight excluding hydrogens is 343 g/mol. The summed E-state index contributed by atoms with van der Waals surface area (Å²) in [4.78, 5) is 0. The highest BCUT2D eigenvalue weighted by molar-refractivity contribution is 9.10. The lowest BCUT2D eigenvalue weighted by molar-refractivity contribution is -0.137. The summed E-state index contributed by atoms with van der Waals surface area (Å²) in [6.45, 7) is 2.36. The van der Waals surface area contributed by atoms with E-state index in [4.69, 9.17) is 0 Å². The molecule has 0 aliphatic heterocycles. The predicted molar refractivity (Wildman–Crippen MR) is 80.8 cm³/mol. The maximum atomic E-state index is 12.7. The summed E-state index contributed by atoms with van der Waals surface area (Å²) in [6, 6.07) is 13.2. The monoisotopic (exact) mass is 357 g/mol. The van der Waals surface area contributed by atoms with Gasteiger partial charge in [-0.1, -0.05) is 52.3 Å². The lowest BCUT2D eigenvalue weighted by atomic mass is 10.1. The molecule has 112 valence electrons. The number of nitrogens with one attached hydrogen (secondary N) is 1. The molecule has 1 nitrogen and oxygen atoms in total. The van der Waals surface area contributed by atoms with Crippen LogP contribution in [0.2, 0.25) is 0 Å². The Morgan fingerprint density at radius 1 is 1.10 bits per heavy atom. The minimum atomic E-state index is -4.30. The summed E-state index contributed by atoms with van der Waals surface area (Å²) >= 11 is 3.47. The first kappa shape index (κ1) is 16.0. The quantitative estimate of drug-likeness (QED) is 0.780. The molecule has 0 aromatic heterocycles. The fourth-order valence-corrected chi connectivity index (χ4v) is 2.69. The van der Waals surface area contributed by atoms with Crippen LogP contribution >= 0.6 is 15.9 Å². The zero-order chi connectivity index (χ0) is 15.5. The van der Waals surface area contributed by atoms with Crippen molar-refractivity contribution in [3.8, 4) is 0 Å². The highest BCUT2D eigenvalue weighted by atomic mass is 79.9. The van der Waals surface area contributed by atoms with Crippen LogP contribution < -0.4 is 5.32 Å². The second-order valence-corrected chi connectivity index (χ2v) is 5.68. The molecule has 21 heavy (non-hydrogen) atoms. The smallest absolute Gasteiger partial charge is 0.306 e. The van der Waals surface area contributed by atoms with E-state index in [9.17, 15) is 13.2 Å². The molecular formula is C16H15BrF3N. The highest BCUT2D eigenvalue weighted by Crippen LogP contribution is 2.29. The Balaban J connectivity index is 2.05. The predicted octanol–water partition coefficient (Wildman–Crippen LogP) is 5.32. The summed E-state index contributed by atoms with van der Waals surface area (Å²) < 4.78 is 39.0. The van der Waals surface area contributed by atoms with E-state index >= 15 is 0 Å². The van der Waals surface area contributed by atoms with Crippen LogP contribution in [0.15, 0.2) is 53.0 Å². The molecule has 1 unspecified atom stereocenters. The molecule has 1 atom stereocenters. The summed E-state index contributed by atoms with van der Waals surface area (Å²) in [7, 11) is 0. The van der Waals surface area contributed by atoms with E-state index in [1.54, 1.807) is 6.07 Å². The van der Waals surface area contributed by atoms with Crippen molar-refractivity contribution in [2.24, 2.45) is 0 Å². The molecule has 2 rings (SSSR count). The van der Waals surface area contributed by atoms with Gasteiger partial charge in [-0.2, -0.15) is 13.2 Å². The maximum absolute atomic E-state index is 12.7. The Morgan fingerprint density at radius 3 is 2.48 bits per heavy atom. The molecule has 0 heterocycles. The van der Waals surface area contributed by atoms with Gasteiger partial charge in [0, 0.05) is 17.1 Å². The van der Waals surface area contributed by atoms with Gasteiger partial charge < -0.3 is 5.32 Å². The molecule has 0 saturated carbocycles. The van der Waals surface area contributed by atoms with E-state index < -0.39 is 11.7 Å². The van der Waals surface area contributed by atoms with Gasteiger partial charge in [-0.15, -0.1) is 0 Å². The molecule has 0 amide bonds. The van der Waals surface area contributed by atoms with E-state index in [0.717, 1.165) is 16.1 Å². The Bertz CT molecular complexity index is 610. The molecule has 2 aromatic rings. The molecule has 1 N–H and O–H groups in total. The minimum Gasteiger partial charge on any atom is -0.306 e. The minimum absolute atomic E-state index is 0.0371. The molecule has 0 aliphatic rings. The molecule has 0 saturated heterocycles. The van der Waals surface area contributed by atoms with Crippen LogP contribution in [0.1, 0.15) is 29.7 Å². The normalized spacial score (nSPS) is 13.2. The first-order valence-electron chi connectivity index (χ1n) is 6.52. The van der Waals surface area contributed by atoms with Crippen LogP contribution in [0.5, 0.6) is 0 Å². The van der Waals surface area contributed by atoms with Crippen molar-refractivity contribution >= 4 is 15.9 Å². The zero-order valence-electron chi connectivity index (χ0n) is 11.4. The van der Waals surface area contributed by atoms with Crippen molar-refractivity contribution in [3.63, 3.8) is 0 Å². The van der Waals surface area contributed by atoms with Gasteiger partial charge in [0.25, 0.3) is 0 Å². The topological polar surface area (TPSA) is 12.0 Å². The summed E-state index contributed by atoms with van der Waals surface area (Å²) in [5.41, 5.74) is 1.07. The van der Waals surface area contributed by atoms with Crippen LogP contribution in [0.25, 0.3) is 0 Å². The standard InChI is InChI=1S/C16H15BrF3N/c1-11(14-7-2-3-8-15(14)17)21-10-12-5-4-6-13(9-12)16(18,19)20/h2-9,11,21H,10H2,1H3. The van der Waals surface area contributed by atoms with Gasteiger partial charge in [-0.25, -0.2) is 0 Å². The number of alkyl halides is 3. The maximum Gasteiger partial charge on any atom is 0.416 e. The molecule has 0 aliphatic carbocycles. The average molecular weight is 358 g/mol. The van der Waals surface area contributed by atoms with Crippen molar-refractivity contribution < 1.29 is 13.2 Å². The van der Waals surface area contributed by atoms with Crippen LogP contribution in [0.3, 0.4) is 0 Å². The van der Waals surface area contributed by atoms with Gasteiger partial charge >= 0.3 is 6.18 Å². The molecule has 0 fully saturated rings. The molecule has 0 bridgehead atoms. The third kappa shape index (κ3) is 4.32. The highest BCUT2D eigenvalue weighted by Gasteiger charge is 2.30. The van der Waals surface area contributed by atoms with Crippen molar-refractivity contribution in [2.75, 3.05) is 0 Å². The molecule has 2 aromatic carbocycles. The number of hydrogen-bond acceptors (Lipinski definition) is 1. The second-order valence-electron chi connectivity index (χ2n) is 4.82. The number of benzene rings is 2. The van der Waals surface area contributed by atoms with E-state index in [0.29, 0.717) is 12.1 Å². The van der Waals surface area contributed by atoms with Gasteiger partial charge in [0.05, 0.1) is 5.56 Å². The summed E-state index contributed by atoms with van der Waals surface area (Å²) in [5, 5.41) is 3.24. The first-order valence-corrected chi connectivity index (χ1v) is 7.31. The Labute approximate surface area is 130 Å². The van der Waals surface area contributed by atoms with Crippen molar-refractivity contribution in [1.29, 1.82) is 0 Å². The van der Waals surface area contributed by atoms with Crippen molar-refractivity contribution in [3.05, 3.63) is 69.7 Å². The third-order valence-corrected chi connectivity index (χ3v) is 3.96. The largest absolute Gasteiger partial charge is 0.416 e. The van der Waals surface area contributed by atoms with E-state index in [1.807, 2.05) is 31.2 Å². The fraction of sp³-hybridized carbons (Fsp3) is 0.250. The fourth-order valence-electron chi connectivity index (χ4n) is 2.06. The SMILES string of the molecule is CC(NCc1cccc(C(F)(F)F)c1)c1ccccc1Br. The number of halogens is 4. The summed E-state index contributed by atoms with van der Waals surface area (Å²) in [6.07, 6.45) is -4.30. The number of hydrogen-bond donors (Lipinski definition) is 1. The van der Waals surface area contributed by atoms with Crippen LogP contribution in [0.4, 0.5) is 13.2 Å². The van der Waals surface area contributed by atoms with Gasteiger partial charge in [0.1, 0.15) is 0 Å². The Kier molecular flexibility index (Phi) is 5.06. The van der Waals surface area contributed by atoms with Gasteiger partial charge in [-0.05, 0) is 30.2 Å². The van der Waals surface area contributed by atoms with Crippen LogP contribution in [0, 0.1) is 0 Å². The molecule has 0 radical (unpaired) electrons. The number of rotatable bonds is 4. The van der Waals surface area contributed by atoms with Gasteiger partial charge in [-0.3, -0.25) is 0 Å². The van der Waals surface area contributed by atoms with Gasteiger partial charge in [0.15, 0.2) is 0 Å². The third-order valence-electron chi connectivity index (χ3n) is 3.24. The van der Waals surface area contributed by atoms with E-state index in [-0.39, 0.29) is 6.04 Å². The second kappa shape index (κ2) is 6.62. The lowest BCUT2D eigenvalue weighted by Crippen LogP contribution is -2.18. The van der Waals surface area contributed by atoms with Crippen LogP contribution in [-0.2, 0) is 12.7 Å². The van der Waals surface area contributed by atoms with E-state index in [1.165, 1.54) is 12.1 Å². The average Bonchev–Trinajstić information content (AvgIpc) is 2.45. The molecule has 0 spiro atoms.